The van der Waals surface area contributed by atoms with E-state index in [1.54, 1.807) is 19.1 Å². The highest BCUT2D eigenvalue weighted by Crippen LogP contribution is 2.32. The third-order valence-corrected chi connectivity index (χ3v) is 4.91. The van der Waals surface area contributed by atoms with Crippen molar-refractivity contribution in [3.8, 4) is 5.75 Å². The van der Waals surface area contributed by atoms with Gasteiger partial charge in [-0.1, -0.05) is 17.7 Å². The number of rotatable bonds is 6. The van der Waals surface area contributed by atoms with Crippen LogP contribution in [0.5, 0.6) is 5.75 Å². The first-order valence-electron chi connectivity index (χ1n) is 6.91. The predicted molar refractivity (Wildman–Crippen MR) is 87.1 cm³/mol. The number of ether oxygens (including phenoxy) is 1. The highest BCUT2D eigenvalue weighted by molar-refractivity contribution is 7.84. The number of nitrogens with one attached hydrogen (secondary N) is 1. The van der Waals surface area contributed by atoms with E-state index >= 15 is 0 Å². The fraction of sp³-hybridized carbons (Fsp3) is 0.600. The number of aryl methyl sites for hydroxylation is 1. The molecule has 0 aliphatic carbocycles. The fourth-order valence-electron chi connectivity index (χ4n) is 1.74. The highest BCUT2D eigenvalue weighted by Gasteiger charge is 2.22. The molecule has 22 heavy (non-hydrogen) atoms. The second-order valence-electron chi connectivity index (χ2n) is 6.07. The van der Waals surface area contributed by atoms with Crippen LogP contribution in [0.2, 0.25) is 5.02 Å². The molecule has 0 aliphatic heterocycles. The van der Waals surface area contributed by atoms with Crippen molar-refractivity contribution in [3.63, 3.8) is 0 Å². The Morgan fingerprint density at radius 1 is 1.36 bits per heavy atom. The summed E-state index contributed by atoms with van der Waals surface area (Å²) in [5, 5.41) is 0.269. The van der Waals surface area contributed by atoms with E-state index in [0.29, 0.717) is 5.56 Å². The molecule has 0 saturated carbocycles. The molecule has 1 rings (SSSR count). The zero-order valence-electron chi connectivity index (χ0n) is 13.4. The van der Waals surface area contributed by atoms with Crippen LogP contribution >= 0.6 is 11.6 Å². The summed E-state index contributed by atoms with van der Waals surface area (Å²) in [4.78, 5) is 0. The SMILES string of the molecule is Cc1cc([C@@H](C)NS(=O)C(C)(C)C)cc(Cl)c1OCC(F)F. The molecule has 126 valence electrons. The van der Waals surface area contributed by atoms with Crippen LogP contribution < -0.4 is 9.46 Å². The third-order valence-electron chi connectivity index (χ3n) is 2.95. The van der Waals surface area contributed by atoms with Crippen molar-refractivity contribution >= 4 is 22.6 Å². The average Bonchev–Trinajstić information content (AvgIpc) is 2.35. The summed E-state index contributed by atoms with van der Waals surface area (Å²) >= 11 is 6.12. The Balaban J connectivity index is 2.91. The molecule has 1 unspecified atom stereocenters. The van der Waals surface area contributed by atoms with Crippen LogP contribution in [-0.4, -0.2) is 22.0 Å². The third kappa shape index (κ3) is 5.48. The monoisotopic (exact) mass is 353 g/mol. The normalized spacial score (nSPS) is 15.0. The number of hydrogen-bond donors (Lipinski definition) is 1. The topological polar surface area (TPSA) is 38.3 Å². The lowest BCUT2D eigenvalue weighted by Gasteiger charge is -2.23. The maximum atomic E-state index is 12.2. The molecule has 0 aliphatic rings. The van der Waals surface area contributed by atoms with E-state index in [0.717, 1.165) is 5.56 Å². The number of alkyl halides is 2. The maximum Gasteiger partial charge on any atom is 0.272 e. The Labute approximate surface area is 138 Å². The average molecular weight is 354 g/mol. The van der Waals surface area contributed by atoms with E-state index in [1.807, 2.05) is 27.7 Å². The summed E-state index contributed by atoms with van der Waals surface area (Å²) in [5.74, 6) is 0.259. The molecule has 7 heteroatoms. The Morgan fingerprint density at radius 3 is 2.41 bits per heavy atom. The molecule has 1 aromatic carbocycles. The minimum Gasteiger partial charge on any atom is -0.486 e. The van der Waals surface area contributed by atoms with Crippen molar-refractivity contribution in [2.24, 2.45) is 0 Å². The Kier molecular flexibility index (Phi) is 6.77. The molecule has 3 nitrogen and oxygen atoms in total. The molecule has 0 radical (unpaired) electrons. The second-order valence-corrected chi connectivity index (χ2v) is 8.48. The first kappa shape index (κ1) is 19.3. The van der Waals surface area contributed by atoms with E-state index in [9.17, 15) is 13.0 Å². The lowest BCUT2D eigenvalue weighted by atomic mass is 10.1. The Bertz CT molecular complexity index is 524. The summed E-state index contributed by atoms with van der Waals surface area (Å²) in [5.41, 5.74) is 1.49. The molecule has 1 N–H and O–H groups in total. The van der Waals surface area contributed by atoms with Gasteiger partial charge in [-0.25, -0.2) is 17.7 Å². The second kappa shape index (κ2) is 7.70. The number of halogens is 3. The fourth-order valence-corrected chi connectivity index (χ4v) is 2.88. The van der Waals surface area contributed by atoms with Gasteiger partial charge in [0.05, 0.1) is 20.8 Å². The van der Waals surface area contributed by atoms with Crippen LogP contribution in [0.15, 0.2) is 12.1 Å². The molecule has 0 fully saturated rings. The minimum atomic E-state index is -2.55. The Morgan fingerprint density at radius 2 is 1.95 bits per heavy atom. The largest absolute Gasteiger partial charge is 0.486 e. The van der Waals surface area contributed by atoms with Crippen LogP contribution in [0.3, 0.4) is 0 Å². The van der Waals surface area contributed by atoms with Crippen molar-refractivity contribution < 1.29 is 17.7 Å². The van der Waals surface area contributed by atoms with E-state index in [-0.39, 0.29) is 21.6 Å². The van der Waals surface area contributed by atoms with Crippen molar-refractivity contribution in [1.82, 2.24) is 4.72 Å². The van der Waals surface area contributed by atoms with Gasteiger partial charge in [0.25, 0.3) is 6.43 Å². The lowest BCUT2D eigenvalue weighted by Crippen LogP contribution is -2.34. The van der Waals surface area contributed by atoms with E-state index in [2.05, 4.69) is 4.72 Å². The molecule has 0 spiro atoms. The van der Waals surface area contributed by atoms with E-state index in [1.165, 1.54) is 0 Å². The summed E-state index contributed by atoms with van der Waals surface area (Å²) in [6.45, 7) is 8.55. The van der Waals surface area contributed by atoms with Crippen LogP contribution in [0, 0.1) is 6.92 Å². The van der Waals surface area contributed by atoms with Gasteiger partial charge in [0.2, 0.25) is 0 Å². The molecule has 0 aromatic heterocycles. The van der Waals surface area contributed by atoms with Gasteiger partial charge in [-0.2, -0.15) is 0 Å². The molecule has 0 heterocycles. The van der Waals surface area contributed by atoms with Crippen molar-refractivity contribution in [2.45, 2.75) is 51.8 Å². The Hall–Kier alpha value is -0.720. The highest BCUT2D eigenvalue weighted by atomic mass is 35.5. The lowest BCUT2D eigenvalue weighted by molar-refractivity contribution is 0.0816. The molecule has 0 bridgehead atoms. The molecule has 0 saturated heterocycles. The zero-order valence-corrected chi connectivity index (χ0v) is 14.9. The summed E-state index contributed by atoms with van der Waals surface area (Å²) in [6, 6.07) is 3.25. The minimum absolute atomic E-state index is 0.194. The van der Waals surface area contributed by atoms with Crippen LogP contribution in [0.25, 0.3) is 0 Å². The van der Waals surface area contributed by atoms with Gasteiger partial charge < -0.3 is 4.74 Å². The van der Waals surface area contributed by atoms with Gasteiger partial charge in [0.15, 0.2) is 0 Å². The molecular formula is C15H22ClF2NO2S. The molecule has 2 atom stereocenters. The van der Waals surface area contributed by atoms with Gasteiger partial charge in [-0.15, -0.1) is 0 Å². The van der Waals surface area contributed by atoms with Crippen LogP contribution in [0.1, 0.15) is 44.9 Å². The summed E-state index contributed by atoms with van der Waals surface area (Å²) in [7, 11) is -1.22. The smallest absolute Gasteiger partial charge is 0.272 e. The van der Waals surface area contributed by atoms with Crippen LogP contribution in [-0.2, 0) is 11.0 Å². The van der Waals surface area contributed by atoms with Gasteiger partial charge in [-0.05, 0) is 51.8 Å². The number of hydrogen-bond acceptors (Lipinski definition) is 2. The molecule has 1 aromatic rings. The standard InChI is InChI=1S/C15H22ClF2NO2S/c1-9-6-11(10(2)19-22(20)15(3,4)5)7-12(16)14(9)21-8-13(17)18/h6-7,10,13,19H,8H2,1-5H3/t10-,22?/m1/s1. The quantitative estimate of drug-likeness (QED) is 0.822. The molecular weight excluding hydrogens is 332 g/mol. The number of benzene rings is 1. The van der Waals surface area contributed by atoms with Gasteiger partial charge >= 0.3 is 0 Å². The first-order chi connectivity index (χ1) is 10.0. The van der Waals surface area contributed by atoms with Gasteiger partial charge in [0.1, 0.15) is 12.4 Å². The summed E-state index contributed by atoms with van der Waals surface area (Å²) < 4.78 is 44.3. The van der Waals surface area contributed by atoms with E-state index < -0.39 is 24.0 Å². The van der Waals surface area contributed by atoms with E-state index in [4.69, 9.17) is 16.3 Å². The maximum absolute atomic E-state index is 12.2. The van der Waals surface area contributed by atoms with Crippen molar-refractivity contribution in [1.29, 1.82) is 0 Å². The first-order valence-corrected chi connectivity index (χ1v) is 8.44. The van der Waals surface area contributed by atoms with Crippen molar-refractivity contribution in [3.05, 3.63) is 28.3 Å². The summed E-state index contributed by atoms with van der Waals surface area (Å²) in [6.07, 6.45) is -2.55. The zero-order chi connectivity index (χ0) is 17.1. The predicted octanol–water partition coefficient (Wildman–Crippen LogP) is 4.41. The van der Waals surface area contributed by atoms with Crippen molar-refractivity contribution in [2.75, 3.05) is 6.61 Å². The van der Waals surface area contributed by atoms with Gasteiger partial charge in [0, 0.05) is 6.04 Å². The van der Waals surface area contributed by atoms with Gasteiger partial charge in [-0.3, -0.25) is 0 Å². The molecule has 0 amide bonds. The van der Waals surface area contributed by atoms with Crippen LogP contribution in [0.4, 0.5) is 8.78 Å².